The summed E-state index contributed by atoms with van der Waals surface area (Å²) in [4.78, 5) is 24.8. The van der Waals surface area contributed by atoms with Crippen molar-refractivity contribution in [1.82, 2.24) is 15.1 Å². The first kappa shape index (κ1) is 20.4. The van der Waals surface area contributed by atoms with E-state index in [4.69, 9.17) is 16.3 Å². The zero-order valence-electron chi connectivity index (χ0n) is 16.3. The van der Waals surface area contributed by atoms with Gasteiger partial charge in [0.2, 0.25) is 5.88 Å². The van der Waals surface area contributed by atoms with Gasteiger partial charge in [0.15, 0.2) is 6.10 Å². The second-order valence-corrected chi connectivity index (χ2v) is 7.75. The molecular formula is C21H26ClN3O3. The third-order valence-electron chi connectivity index (χ3n) is 5.04. The maximum atomic E-state index is 12.5. The van der Waals surface area contributed by atoms with E-state index in [-0.39, 0.29) is 23.4 Å². The van der Waals surface area contributed by atoms with Crippen LogP contribution < -0.4 is 15.6 Å². The summed E-state index contributed by atoms with van der Waals surface area (Å²) >= 11 is 6.06. The molecule has 0 unspecified atom stereocenters. The highest BCUT2D eigenvalue weighted by Gasteiger charge is 2.21. The van der Waals surface area contributed by atoms with Gasteiger partial charge in [0.1, 0.15) is 0 Å². The number of hydrogen-bond donors (Lipinski definition) is 1. The normalized spacial score (nSPS) is 16.2. The maximum Gasteiger partial charge on any atom is 0.271 e. The van der Waals surface area contributed by atoms with Crippen LogP contribution in [0.3, 0.4) is 0 Å². The quantitative estimate of drug-likeness (QED) is 0.770. The smallest absolute Gasteiger partial charge is 0.271 e. The Kier molecular flexibility index (Phi) is 6.73. The molecule has 0 bridgehead atoms. The fourth-order valence-electron chi connectivity index (χ4n) is 3.42. The summed E-state index contributed by atoms with van der Waals surface area (Å²) < 4.78 is 6.96. The molecule has 6 nitrogen and oxygen atoms in total. The Balaban J connectivity index is 1.72. The van der Waals surface area contributed by atoms with E-state index in [0.717, 1.165) is 31.2 Å². The van der Waals surface area contributed by atoms with E-state index in [1.165, 1.54) is 29.7 Å². The van der Waals surface area contributed by atoms with Gasteiger partial charge < -0.3 is 10.1 Å². The lowest BCUT2D eigenvalue weighted by Crippen LogP contribution is -2.42. The Hall–Kier alpha value is -2.34. The van der Waals surface area contributed by atoms with Crippen LogP contribution in [0.2, 0.25) is 5.02 Å². The number of ether oxygens (including phenoxy) is 1. The molecule has 1 aromatic heterocycles. The number of benzene rings is 1. The molecule has 0 radical (unpaired) electrons. The molecular weight excluding hydrogens is 378 g/mol. The lowest BCUT2D eigenvalue weighted by atomic mass is 10.1. The number of rotatable bonds is 5. The summed E-state index contributed by atoms with van der Waals surface area (Å²) in [5.41, 5.74) is 1.14. The van der Waals surface area contributed by atoms with Crippen molar-refractivity contribution in [2.75, 3.05) is 0 Å². The van der Waals surface area contributed by atoms with Crippen LogP contribution in [0, 0.1) is 6.92 Å². The molecule has 1 N–H and O–H groups in total. The summed E-state index contributed by atoms with van der Waals surface area (Å²) in [6.07, 6.45) is 6.06. The predicted molar refractivity (Wildman–Crippen MR) is 109 cm³/mol. The highest BCUT2D eigenvalue weighted by atomic mass is 35.5. The number of nitrogens with one attached hydrogen (secondary N) is 1. The molecule has 1 atom stereocenters. The minimum Gasteiger partial charge on any atom is -0.464 e. The number of aryl methyl sites for hydroxylation is 1. The van der Waals surface area contributed by atoms with Crippen LogP contribution in [-0.2, 0) is 4.79 Å². The molecule has 0 saturated heterocycles. The Labute approximate surface area is 169 Å². The van der Waals surface area contributed by atoms with Gasteiger partial charge in [-0.15, -0.1) is 5.10 Å². The van der Waals surface area contributed by atoms with Gasteiger partial charge in [-0.05, 0) is 44.4 Å². The maximum absolute atomic E-state index is 12.5. The zero-order valence-corrected chi connectivity index (χ0v) is 17.0. The molecule has 150 valence electrons. The third-order valence-corrected chi connectivity index (χ3v) is 5.28. The Morgan fingerprint density at radius 3 is 2.64 bits per heavy atom. The van der Waals surface area contributed by atoms with Crippen LogP contribution in [0.1, 0.15) is 51.0 Å². The second kappa shape index (κ2) is 9.24. The van der Waals surface area contributed by atoms with Crippen LogP contribution >= 0.6 is 11.6 Å². The monoisotopic (exact) mass is 403 g/mol. The van der Waals surface area contributed by atoms with Crippen molar-refractivity contribution in [3.63, 3.8) is 0 Å². The van der Waals surface area contributed by atoms with Crippen molar-refractivity contribution in [3.05, 3.63) is 51.3 Å². The summed E-state index contributed by atoms with van der Waals surface area (Å²) in [5, 5.41) is 7.86. The number of aromatic nitrogens is 2. The van der Waals surface area contributed by atoms with E-state index in [1.54, 1.807) is 19.1 Å². The van der Waals surface area contributed by atoms with Crippen LogP contribution in [0.4, 0.5) is 0 Å². The first-order valence-corrected chi connectivity index (χ1v) is 10.2. The molecule has 1 amide bonds. The molecule has 28 heavy (non-hydrogen) atoms. The molecule has 1 fully saturated rings. The SMILES string of the molecule is Cc1ccc(Cl)cc1-n1nc(O[C@@H](C)C(=O)NC2CCCCCC2)ccc1=O. The number of hydrogen-bond acceptors (Lipinski definition) is 4. The highest BCUT2D eigenvalue weighted by molar-refractivity contribution is 6.30. The van der Waals surface area contributed by atoms with Gasteiger partial charge in [0.05, 0.1) is 5.69 Å². The van der Waals surface area contributed by atoms with Crippen molar-refractivity contribution in [2.45, 2.75) is 64.5 Å². The molecule has 0 spiro atoms. The minimum atomic E-state index is -0.706. The molecule has 3 rings (SSSR count). The van der Waals surface area contributed by atoms with Gasteiger partial charge in [-0.3, -0.25) is 9.59 Å². The van der Waals surface area contributed by atoms with Gasteiger partial charge in [0, 0.05) is 23.2 Å². The molecule has 0 aliphatic heterocycles. The first-order chi connectivity index (χ1) is 13.4. The first-order valence-electron chi connectivity index (χ1n) is 9.78. The van der Waals surface area contributed by atoms with E-state index < -0.39 is 6.10 Å². The van der Waals surface area contributed by atoms with Crippen LogP contribution in [0.25, 0.3) is 5.69 Å². The van der Waals surface area contributed by atoms with Crippen molar-refractivity contribution in [2.24, 2.45) is 0 Å². The van der Waals surface area contributed by atoms with Crippen molar-refractivity contribution in [3.8, 4) is 11.6 Å². The largest absolute Gasteiger partial charge is 0.464 e. The number of halogens is 1. The van der Waals surface area contributed by atoms with Crippen molar-refractivity contribution in [1.29, 1.82) is 0 Å². The Morgan fingerprint density at radius 1 is 1.21 bits per heavy atom. The number of carbonyl (C=O) groups excluding carboxylic acids is 1. The average molecular weight is 404 g/mol. The summed E-state index contributed by atoms with van der Waals surface area (Å²) in [6, 6.07) is 8.31. The molecule has 7 heteroatoms. The zero-order chi connectivity index (χ0) is 20.1. The van der Waals surface area contributed by atoms with Gasteiger partial charge in [-0.2, -0.15) is 4.68 Å². The Bertz CT molecular complexity index is 889. The van der Waals surface area contributed by atoms with E-state index in [2.05, 4.69) is 10.4 Å². The fraction of sp³-hybridized carbons (Fsp3) is 0.476. The highest BCUT2D eigenvalue weighted by Crippen LogP contribution is 2.19. The average Bonchev–Trinajstić information content (AvgIpc) is 2.94. The molecule has 1 heterocycles. The van der Waals surface area contributed by atoms with Gasteiger partial charge in [-0.25, -0.2) is 0 Å². The lowest BCUT2D eigenvalue weighted by Gasteiger charge is -2.20. The standard InChI is InChI=1S/C21H26ClN3O3/c1-14-9-10-16(22)13-18(14)25-20(26)12-11-19(24-25)28-15(2)21(27)23-17-7-5-3-4-6-8-17/h9-13,15,17H,3-8H2,1-2H3,(H,23,27)/t15-/m0/s1. The van der Waals surface area contributed by atoms with Crippen LogP contribution in [0.15, 0.2) is 35.1 Å². The molecule has 2 aromatic rings. The minimum absolute atomic E-state index is 0.162. The van der Waals surface area contributed by atoms with E-state index in [0.29, 0.717) is 10.7 Å². The Morgan fingerprint density at radius 2 is 1.93 bits per heavy atom. The van der Waals surface area contributed by atoms with Gasteiger partial charge >= 0.3 is 0 Å². The molecule has 1 saturated carbocycles. The third kappa shape index (κ3) is 5.13. The predicted octanol–water partition coefficient (Wildman–Crippen LogP) is 3.80. The summed E-state index contributed by atoms with van der Waals surface area (Å²) in [5.74, 6) is 0.0490. The van der Waals surface area contributed by atoms with E-state index in [1.807, 2.05) is 13.0 Å². The lowest BCUT2D eigenvalue weighted by molar-refractivity contribution is -0.128. The number of carbonyl (C=O) groups is 1. The van der Waals surface area contributed by atoms with Crippen LogP contribution in [-0.4, -0.2) is 27.8 Å². The van der Waals surface area contributed by atoms with Crippen molar-refractivity contribution < 1.29 is 9.53 Å². The second-order valence-electron chi connectivity index (χ2n) is 7.31. The number of amides is 1. The van der Waals surface area contributed by atoms with Gasteiger partial charge in [0.25, 0.3) is 11.5 Å². The number of nitrogens with zero attached hydrogens (tertiary/aromatic N) is 2. The molecule has 1 aromatic carbocycles. The summed E-state index contributed by atoms with van der Waals surface area (Å²) in [6.45, 7) is 3.56. The molecule has 1 aliphatic carbocycles. The van der Waals surface area contributed by atoms with Crippen LogP contribution in [0.5, 0.6) is 5.88 Å². The van der Waals surface area contributed by atoms with Gasteiger partial charge in [-0.1, -0.05) is 43.4 Å². The topological polar surface area (TPSA) is 73.2 Å². The van der Waals surface area contributed by atoms with Crippen molar-refractivity contribution >= 4 is 17.5 Å². The molecule has 1 aliphatic rings. The fourth-order valence-corrected chi connectivity index (χ4v) is 3.58. The van der Waals surface area contributed by atoms with E-state index in [9.17, 15) is 9.59 Å². The van der Waals surface area contributed by atoms with E-state index >= 15 is 0 Å². The summed E-state index contributed by atoms with van der Waals surface area (Å²) in [7, 11) is 0.